The van der Waals surface area contributed by atoms with Crippen molar-refractivity contribution in [3.05, 3.63) is 42.2 Å². The van der Waals surface area contributed by atoms with Crippen molar-refractivity contribution in [2.45, 2.75) is 19.9 Å². The first-order valence-corrected chi connectivity index (χ1v) is 7.47. The molecule has 1 aromatic carbocycles. The van der Waals surface area contributed by atoms with E-state index in [0.29, 0.717) is 17.4 Å². The van der Waals surface area contributed by atoms with Gasteiger partial charge in [0.1, 0.15) is 11.6 Å². The first-order valence-electron chi connectivity index (χ1n) is 7.47. The molecule has 0 saturated heterocycles. The summed E-state index contributed by atoms with van der Waals surface area (Å²) in [6.45, 7) is 4.28. The summed E-state index contributed by atoms with van der Waals surface area (Å²) in [7, 11) is 0. The van der Waals surface area contributed by atoms with E-state index in [4.69, 9.17) is 0 Å². The number of H-pyrrole nitrogens is 1. The van der Waals surface area contributed by atoms with Crippen molar-refractivity contribution in [2.24, 2.45) is 5.92 Å². The van der Waals surface area contributed by atoms with Crippen molar-refractivity contribution < 1.29 is 0 Å². The number of tetrazole rings is 1. The summed E-state index contributed by atoms with van der Waals surface area (Å²) < 4.78 is 1.40. The van der Waals surface area contributed by atoms with E-state index in [1.54, 1.807) is 0 Å². The second-order valence-corrected chi connectivity index (χ2v) is 5.75. The summed E-state index contributed by atoms with van der Waals surface area (Å²) in [5, 5.41) is 19.1. The smallest absolute Gasteiger partial charge is 0.200 e. The fourth-order valence-corrected chi connectivity index (χ4v) is 2.56. The molecule has 1 atom stereocenters. The van der Waals surface area contributed by atoms with Gasteiger partial charge in [0, 0.05) is 0 Å². The van der Waals surface area contributed by atoms with E-state index in [9.17, 15) is 0 Å². The van der Waals surface area contributed by atoms with Crippen molar-refractivity contribution in [3.8, 4) is 0 Å². The van der Waals surface area contributed by atoms with Crippen molar-refractivity contribution in [2.75, 3.05) is 5.32 Å². The number of imidazole rings is 1. The third-order valence-corrected chi connectivity index (χ3v) is 3.74. The van der Waals surface area contributed by atoms with Crippen LogP contribution in [0.25, 0.3) is 16.7 Å². The van der Waals surface area contributed by atoms with Crippen LogP contribution in [0, 0.1) is 5.92 Å². The number of anilines is 1. The van der Waals surface area contributed by atoms with Crippen LogP contribution in [0.2, 0.25) is 0 Å². The van der Waals surface area contributed by atoms with Gasteiger partial charge < -0.3 is 10.3 Å². The molecule has 0 spiro atoms. The Bertz CT molecular complexity index is 921. The van der Waals surface area contributed by atoms with Crippen LogP contribution in [0.5, 0.6) is 0 Å². The van der Waals surface area contributed by atoms with Crippen LogP contribution in [-0.2, 0) is 0 Å². The molecule has 0 aliphatic carbocycles. The molecule has 8 heteroatoms. The summed E-state index contributed by atoms with van der Waals surface area (Å²) in [5.74, 6) is 1.91. The van der Waals surface area contributed by atoms with E-state index < -0.39 is 0 Å². The highest BCUT2D eigenvalue weighted by Crippen LogP contribution is 2.25. The zero-order valence-electron chi connectivity index (χ0n) is 12.8. The SMILES string of the molecule is CC(C)[C@H](Nc1ccc2nnnn2n1)c1nc2ccccc2[nH]1. The second-order valence-electron chi connectivity index (χ2n) is 5.75. The van der Waals surface area contributed by atoms with Crippen LogP contribution in [0.1, 0.15) is 25.7 Å². The Morgan fingerprint density at radius 3 is 2.83 bits per heavy atom. The highest BCUT2D eigenvalue weighted by Gasteiger charge is 2.20. The standard InChI is InChI=1S/C15H16N8/c1-9(2)14(15-16-10-5-3-4-6-11(10)17-15)18-12-7-8-13-19-21-22-23(13)20-12/h3-9,14H,1-2H3,(H,16,17)(H,18,20)/t14-/m0/s1. The summed E-state index contributed by atoms with van der Waals surface area (Å²) in [6, 6.07) is 11.7. The predicted molar refractivity (Wildman–Crippen MR) is 85.9 cm³/mol. The van der Waals surface area contributed by atoms with Crippen molar-refractivity contribution in [1.82, 2.24) is 35.2 Å². The van der Waals surface area contributed by atoms with E-state index >= 15 is 0 Å². The van der Waals surface area contributed by atoms with Gasteiger partial charge in [-0.3, -0.25) is 0 Å². The van der Waals surface area contributed by atoms with Crippen molar-refractivity contribution in [3.63, 3.8) is 0 Å². The van der Waals surface area contributed by atoms with Gasteiger partial charge in [-0.25, -0.2) is 4.98 Å². The van der Waals surface area contributed by atoms with E-state index in [1.165, 1.54) is 4.63 Å². The Labute approximate surface area is 131 Å². The van der Waals surface area contributed by atoms with Gasteiger partial charge in [0.2, 0.25) is 0 Å². The first kappa shape index (κ1) is 13.6. The maximum atomic E-state index is 4.69. The molecule has 116 valence electrons. The lowest BCUT2D eigenvalue weighted by molar-refractivity contribution is 0.523. The summed E-state index contributed by atoms with van der Waals surface area (Å²) >= 11 is 0. The van der Waals surface area contributed by atoms with Gasteiger partial charge in [-0.15, -0.1) is 14.8 Å². The number of hydrogen-bond acceptors (Lipinski definition) is 6. The average molecular weight is 308 g/mol. The molecule has 2 N–H and O–H groups in total. The third kappa shape index (κ3) is 2.48. The molecule has 0 amide bonds. The lowest BCUT2D eigenvalue weighted by Gasteiger charge is -2.20. The summed E-state index contributed by atoms with van der Waals surface area (Å²) in [6.07, 6.45) is 0. The Kier molecular flexibility index (Phi) is 3.14. The molecule has 23 heavy (non-hydrogen) atoms. The normalized spacial score (nSPS) is 13.0. The highest BCUT2D eigenvalue weighted by molar-refractivity contribution is 5.74. The number of aromatic amines is 1. The van der Waals surface area contributed by atoms with E-state index in [0.717, 1.165) is 16.9 Å². The predicted octanol–water partition coefficient (Wildman–Crippen LogP) is 2.20. The van der Waals surface area contributed by atoms with Gasteiger partial charge in [0.15, 0.2) is 5.65 Å². The molecular formula is C15H16N8. The van der Waals surface area contributed by atoms with Crippen LogP contribution in [-0.4, -0.2) is 35.2 Å². The van der Waals surface area contributed by atoms with Crippen molar-refractivity contribution >= 4 is 22.5 Å². The minimum atomic E-state index is 0.00355. The Morgan fingerprint density at radius 2 is 2.00 bits per heavy atom. The quantitative estimate of drug-likeness (QED) is 0.600. The van der Waals surface area contributed by atoms with Crippen LogP contribution in [0.15, 0.2) is 36.4 Å². The minimum Gasteiger partial charge on any atom is -0.358 e. The van der Waals surface area contributed by atoms with Crippen LogP contribution < -0.4 is 5.32 Å². The lowest BCUT2D eigenvalue weighted by atomic mass is 10.0. The molecule has 0 saturated carbocycles. The molecule has 0 aliphatic rings. The minimum absolute atomic E-state index is 0.00355. The van der Waals surface area contributed by atoms with Gasteiger partial charge in [0.25, 0.3) is 0 Å². The fraction of sp³-hybridized carbons (Fsp3) is 0.267. The Hall–Kier alpha value is -3.03. The van der Waals surface area contributed by atoms with E-state index in [-0.39, 0.29) is 6.04 Å². The number of nitrogens with one attached hydrogen (secondary N) is 2. The Morgan fingerprint density at radius 1 is 1.13 bits per heavy atom. The zero-order chi connectivity index (χ0) is 15.8. The molecule has 3 heterocycles. The molecule has 0 fully saturated rings. The zero-order valence-corrected chi connectivity index (χ0v) is 12.8. The fourth-order valence-electron chi connectivity index (χ4n) is 2.56. The molecule has 8 nitrogen and oxygen atoms in total. The van der Waals surface area contributed by atoms with E-state index in [2.05, 4.69) is 49.8 Å². The molecule has 0 aliphatic heterocycles. The van der Waals surface area contributed by atoms with Gasteiger partial charge in [-0.05, 0) is 40.6 Å². The molecule has 0 unspecified atom stereocenters. The Balaban J connectivity index is 1.69. The third-order valence-electron chi connectivity index (χ3n) is 3.74. The molecule has 4 aromatic rings. The van der Waals surface area contributed by atoms with E-state index in [1.807, 2.05) is 36.4 Å². The summed E-state index contributed by atoms with van der Waals surface area (Å²) in [5.41, 5.74) is 2.60. The molecule has 0 bridgehead atoms. The first-order chi connectivity index (χ1) is 11.2. The molecule has 3 aromatic heterocycles. The van der Waals surface area contributed by atoms with Gasteiger partial charge in [-0.2, -0.15) is 0 Å². The van der Waals surface area contributed by atoms with Gasteiger partial charge >= 0.3 is 0 Å². The molecule has 4 rings (SSSR count). The number of hydrogen-bond donors (Lipinski definition) is 2. The monoisotopic (exact) mass is 308 g/mol. The van der Waals surface area contributed by atoms with Gasteiger partial charge in [0.05, 0.1) is 17.1 Å². The van der Waals surface area contributed by atoms with Crippen molar-refractivity contribution in [1.29, 1.82) is 0 Å². The number of benzene rings is 1. The molecular weight excluding hydrogens is 292 g/mol. The number of fused-ring (bicyclic) bond motifs is 2. The maximum absolute atomic E-state index is 4.69. The second kappa shape index (κ2) is 5.31. The number of nitrogens with zero attached hydrogens (tertiary/aromatic N) is 6. The largest absolute Gasteiger partial charge is 0.358 e. The van der Waals surface area contributed by atoms with Crippen LogP contribution in [0.3, 0.4) is 0 Å². The number of aromatic nitrogens is 7. The maximum Gasteiger partial charge on any atom is 0.200 e. The number of rotatable bonds is 4. The lowest BCUT2D eigenvalue weighted by Crippen LogP contribution is -2.19. The summed E-state index contributed by atoms with van der Waals surface area (Å²) in [4.78, 5) is 8.07. The van der Waals surface area contributed by atoms with Crippen LogP contribution in [0.4, 0.5) is 5.82 Å². The average Bonchev–Trinajstić information content (AvgIpc) is 3.17. The topological polar surface area (TPSA) is 96.7 Å². The van der Waals surface area contributed by atoms with Crippen LogP contribution >= 0.6 is 0 Å². The highest BCUT2D eigenvalue weighted by atomic mass is 15.6. The molecule has 0 radical (unpaired) electrons. The van der Waals surface area contributed by atoms with Gasteiger partial charge in [-0.1, -0.05) is 26.0 Å². The number of para-hydroxylation sites is 2.